The summed E-state index contributed by atoms with van der Waals surface area (Å²) in [5.41, 5.74) is 1.56. The number of piperidine rings is 1. The Hall–Kier alpha value is -2.08. The Morgan fingerprint density at radius 3 is 2.03 bits per heavy atom. The van der Waals surface area contributed by atoms with Crippen molar-refractivity contribution in [1.82, 2.24) is 4.90 Å². The Morgan fingerprint density at radius 1 is 1.11 bits per heavy atom. The molecule has 198 valence electrons. The Balaban J connectivity index is 0.000000293. The lowest BCUT2D eigenvalue weighted by Gasteiger charge is -2.38. The molecule has 0 amide bonds. The van der Waals surface area contributed by atoms with Gasteiger partial charge in [-0.2, -0.15) is 0 Å². The molecule has 2 aliphatic rings. The molecule has 1 saturated heterocycles. The third kappa shape index (κ3) is 9.14. The fraction of sp³-hybridized carbons (Fsp3) is 0.655. The molecular formula is C29H45F2NO3. The summed E-state index contributed by atoms with van der Waals surface area (Å²) in [6.07, 6.45) is 5.55. The van der Waals surface area contributed by atoms with E-state index >= 15 is 0 Å². The number of nitrogens with zero attached hydrogens (tertiary/aromatic N) is 1. The zero-order valence-electron chi connectivity index (χ0n) is 23.0. The molecule has 0 radical (unpaired) electrons. The van der Waals surface area contributed by atoms with Gasteiger partial charge in [-0.3, -0.25) is 4.79 Å². The molecule has 1 aromatic rings. The summed E-state index contributed by atoms with van der Waals surface area (Å²) in [6, 6.07) is 6.28. The Labute approximate surface area is 211 Å². The third-order valence-corrected chi connectivity index (χ3v) is 6.92. The first kappa shape index (κ1) is 31.0. The second-order valence-electron chi connectivity index (χ2n) is 9.93. The molecule has 1 unspecified atom stereocenters. The summed E-state index contributed by atoms with van der Waals surface area (Å²) in [4.78, 5) is 25.7. The van der Waals surface area contributed by atoms with Crippen LogP contribution in [0.25, 0.3) is 0 Å². The van der Waals surface area contributed by atoms with Gasteiger partial charge in [0.1, 0.15) is 5.60 Å². The standard InChI is InChI=1S/C13H19NO3.C9H10F2.C7H16/c1-4-14-7-5-13(6-8-14)11(10(3)15)9(2)12(16)17-13;1-7-3-5-8(6-4-7)9(2,10)11;1-4-6-7(3)5-2/h4-8H2,1-3H3;3-6H,1-2H3;7H,4-6H2,1-3H3. The summed E-state index contributed by atoms with van der Waals surface area (Å²) in [6.45, 7) is 17.7. The zero-order chi connectivity index (χ0) is 26.8. The van der Waals surface area contributed by atoms with Gasteiger partial charge in [-0.15, -0.1) is 0 Å². The minimum Gasteiger partial charge on any atom is -0.451 e. The lowest BCUT2D eigenvalue weighted by atomic mass is 9.81. The summed E-state index contributed by atoms with van der Waals surface area (Å²) in [5, 5.41) is 0. The van der Waals surface area contributed by atoms with Gasteiger partial charge in [0.25, 0.3) is 5.92 Å². The number of carbonyl (C=O) groups excluding carboxylic acids is 2. The van der Waals surface area contributed by atoms with Gasteiger partial charge in [0.05, 0.1) is 0 Å². The number of likely N-dealkylation sites (tertiary alicyclic amines) is 1. The Bertz CT molecular complexity index is 848. The average molecular weight is 494 g/mol. The largest absolute Gasteiger partial charge is 0.451 e. The second kappa shape index (κ2) is 13.9. The molecule has 1 spiro atoms. The molecule has 6 heteroatoms. The van der Waals surface area contributed by atoms with Gasteiger partial charge in [0.15, 0.2) is 5.78 Å². The number of hydrogen-bond acceptors (Lipinski definition) is 4. The van der Waals surface area contributed by atoms with Crippen LogP contribution in [0.4, 0.5) is 8.78 Å². The van der Waals surface area contributed by atoms with Gasteiger partial charge in [-0.05, 0) is 33.2 Å². The maximum absolute atomic E-state index is 12.6. The van der Waals surface area contributed by atoms with Crippen molar-refractivity contribution in [3.05, 3.63) is 46.5 Å². The number of alkyl halides is 2. The Morgan fingerprint density at radius 2 is 1.66 bits per heavy atom. The van der Waals surface area contributed by atoms with Gasteiger partial charge in [0, 0.05) is 49.6 Å². The molecule has 0 aliphatic carbocycles. The van der Waals surface area contributed by atoms with Gasteiger partial charge < -0.3 is 9.64 Å². The summed E-state index contributed by atoms with van der Waals surface area (Å²) >= 11 is 0. The predicted molar refractivity (Wildman–Crippen MR) is 139 cm³/mol. The quantitative estimate of drug-likeness (QED) is 0.392. The van der Waals surface area contributed by atoms with E-state index in [1.807, 2.05) is 6.92 Å². The molecule has 0 saturated carbocycles. The summed E-state index contributed by atoms with van der Waals surface area (Å²) < 4.78 is 30.7. The van der Waals surface area contributed by atoms with Crippen LogP contribution in [0.3, 0.4) is 0 Å². The molecule has 4 nitrogen and oxygen atoms in total. The third-order valence-electron chi connectivity index (χ3n) is 6.92. The number of rotatable bonds is 6. The van der Waals surface area contributed by atoms with Crippen LogP contribution in [-0.4, -0.2) is 41.9 Å². The number of benzene rings is 1. The number of ketones is 1. The van der Waals surface area contributed by atoms with E-state index in [9.17, 15) is 18.4 Å². The van der Waals surface area contributed by atoms with Crippen LogP contribution >= 0.6 is 0 Å². The molecule has 2 aliphatic heterocycles. The van der Waals surface area contributed by atoms with Gasteiger partial charge >= 0.3 is 5.97 Å². The molecule has 0 bridgehead atoms. The van der Waals surface area contributed by atoms with Crippen LogP contribution in [0, 0.1) is 12.8 Å². The van der Waals surface area contributed by atoms with E-state index in [1.165, 1.54) is 38.3 Å². The minimum absolute atomic E-state index is 0.0294. The number of Topliss-reactive ketones (excluding diaryl/α,β-unsaturated/α-hetero) is 1. The highest BCUT2D eigenvalue weighted by atomic mass is 19.3. The molecule has 1 atom stereocenters. The van der Waals surface area contributed by atoms with Crippen molar-refractivity contribution in [3.8, 4) is 0 Å². The fourth-order valence-corrected chi connectivity index (χ4v) is 4.46. The molecule has 2 heterocycles. The first-order valence-corrected chi connectivity index (χ1v) is 12.9. The highest BCUT2D eigenvalue weighted by Crippen LogP contribution is 2.41. The molecule has 0 aromatic heterocycles. The molecular weight excluding hydrogens is 448 g/mol. The SMILES string of the molecule is CCCC(C)CC.CCN1CCC2(CC1)OC(=O)C(C)=C2C(C)=O.Cc1ccc(C(C)(F)F)cc1. The van der Waals surface area contributed by atoms with Crippen LogP contribution in [-0.2, 0) is 20.2 Å². The van der Waals surface area contributed by atoms with Crippen LogP contribution in [0.5, 0.6) is 0 Å². The van der Waals surface area contributed by atoms with E-state index in [2.05, 4.69) is 32.6 Å². The van der Waals surface area contributed by atoms with Gasteiger partial charge in [-0.1, -0.05) is 76.8 Å². The number of hydrogen-bond donors (Lipinski definition) is 0. The van der Waals surface area contributed by atoms with Crippen LogP contribution in [0.1, 0.15) is 91.7 Å². The molecule has 0 N–H and O–H groups in total. The fourth-order valence-electron chi connectivity index (χ4n) is 4.46. The van der Waals surface area contributed by atoms with Gasteiger partial charge in [0.2, 0.25) is 0 Å². The zero-order valence-corrected chi connectivity index (χ0v) is 23.0. The summed E-state index contributed by atoms with van der Waals surface area (Å²) in [7, 11) is 0. The molecule has 1 aromatic carbocycles. The number of esters is 1. The highest BCUT2D eigenvalue weighted by Gasteiger charge is 2.49. The number of aryl methyl sites for hydroxylation is 1. The normalized spacial score (nSPS) is 18.3. The van der Waals surface area contributed by atoms with E-state index in [0.29, 0.717) is 11.1 Å². The smallest absolute Gasteiger partial charge is 0.335 e. The van der Waals surface area contributed by atoms with Crippen molar-refractivity contribution in [2.24, 2.45) is 5.92 Å². The molecule has 35 heavy (non-hydrogen) atoms. The molecule has 1 fully saturated rings. The van der Waals surface area contributed by atoms with Crippen molar-refractivity contribution in [3.63, 3.8) is 0 Å². The average Bonchev–Trinajstić information content (AvgIpc) is 3.04. The van der Waals surface area contributed by atoms with E-state index in [-0.39, 0.29) is 17.3 Å². The van der Waals surface area contributed by atoms with Crippen molar-refractivity contribution in [1.29, 1.82) is 0 Å². The first-order valence-electron chi connectivity index (χ1n) is 12.9. The van der Waals surface area contributed by atoms with Crippen LogP contribution < -0.4 is 0 Å². The van der Waals surface area contributed by atoms with E-state index in [1.54, 1.807) is 19.1 Å². The number of ether oxygens (including phenoxy) is 1. The van der Waals surface area contributed by atoms with Crippen molar-refractivity contribution < 1.29 is 23.1 Å². The van der Waals surface area contributed by atoms with Gasteiger partial charge in [-0.25, -0.2) is 13.6 Å². The maximum atomic E-state index is 12.6. The first-order chi connectivity index (χ1) is 16.3. The van der Waals surface area contributed by atoms with E-state index < -0.39 is 11.5 Å². The number of carbonyl (C=O) groups is 2. The minimum atomic E-state index is -2.71. The number of halogens is 2. The maximum Gasteiger partial charge on any atom is 0.335 e. The van der Waals surface area contributed by atoms with Crippen molar-refractivity contribution >= 4 is 11.8 Å². The monoisotopic (exact) mass is 493 g/mol. The lowest BCUT2D eigenvalue weighted by Crippen LogP contribution is -2.46. The second-order valence-corrected chi connectivity index (χ2v) is 9.93. The predicted octanol–water partition coefficient (Wildman–Crippen LogP) is 7.24. The summed E-state index contributed by atoms with van der Waals surface area (Å²) in [5.74, 6) is -2.11. The van der Waals surface area contributed by atoms with Crippen LogP contribution in [0.2, 0.25) is 0 Å². The highest BCUT2D eigenvalue weighted by molar-refractivity contribution is 6.07. The van der Waals surface area contributed by atoms with E-state index in [4.69, 9.17) is 4.74 Å². The topological polar surface area (TPSA) is 46.6 Å². The van der Waals surface area contributed by atoms with Crippen molar-refractivity contribution in [2.45, 2.75) is 99.0 Å². The Kier molecular flexibility index (Phi) is 12.3. The van der Waals surface area contributed by atoms with Crippen LogP contribution in [0.15, 0.2) is 35.4 Å². The van der Waals surface area contributed by atoms with Crippen molar-refractivity contribution in [2.75, 3.05) is 19.6 Å². The van der Waals surface area contributed by atoms with E-state index in [0.717, 1.165) is 50.9 Å². The lowest BCUT2D eigenvalue weighted by molar-refractivity contribution is -0.150. The molecule has 3 rings (SSSR count).